The summed E-state index contributed by atoms with van der Waals surface area (Å²) in [6, 6.07) is 5.24. The van der Waals surface area contributed by atoms with E-state index in [2.05, 4.69) is 11.9 Å². The third-order valence-electron chi connectivity index (χ3n) is 3.71. The van der Waals surface area contributed by atoms with Crippen LogP contribution in [0.2, 0.25) is 0 Å². The standard InChI is InChI=1S/C16H19N3O4/c1-2-5-17-15(20)11-18-6-7-19(16(18)21)12-3-4-13-14(10-12)23-9-8-22-13/h2-4,10H,1,5-9,11H2,(H,17,20). The molecule has 7 nitrogen and oxygen atoms in total. The molecule has 2 aliphatic heterocycles. The number of nitrogens with zero attached hydrogens (tertiary/aromatic N) is 2. The van der Waals surface area contributed by atoms with E-state index in [1.165, 1.54) is 4.90 Å². The van der Waals surface area contributed by atoms with Crippen LogP contribution < -0.4 is 19.7 Å². The van der Waals surface area contributed by atoms with Gasteiger partial charge in [0.15, 0.2) is 11.5 Å². The smallest absolute Gasteiger partial charge is 0.325 e. The lowest BCUT2D eigenvalue weighted by Crippen LogP contribution is -2.40. The average Bonchev–Trinajstić information content (AvgIpc) is 2.93. The Kier molecular flexibility index (Phi) is 4.36. The number of amides is 3. The van der Waals surface area contributed by atoms with E-state index in [4.69, 9.17) is 9.47 Å². The Labute approximate surface area is 134 Å². The highest BCUT2D eigenvalue weighted by Crippen LogP contribution is 2.34. The van der Waals surface area contributed by atoms with Crippen LogP contribution in [0.3, 0.4) is 0 Å². The Morgan fingerprint density at radius 1 is 1.26 bits per heavy atom. The molecule has 122 valence electrons. The van der Waals surface area contributed by atoms with Crippen molar-refractivity contribution in [3.63, 3.8) is 0 Å². The maximum Gasteiger partial charge on any atom is 0.325 e. The van der Waals surface area contributed by atoms with Gasteiger partial charge in [-0.05, 0) is 12.1 Å². The summed E-state index contributed by atoms with van der Waals surface area (Å²) in [5, 5.41) is 2.67. The first kappa shape index (κ1) is 15.2. The van der Waals surface area contributed by atoms with E-state index < -0.39 is 0 Å². The number of hydrogen-bond acceptors (Lipinski definition) is 4. The van der Waals surface area contributed by atoms with Crippen molar-refractivity contribution in [2.75, 3.05) is 44.3 Å². The van der Waals surface area contributed by atoms with Gasteiger partial charge < -0.3 is 19.7 Å². The molecule has 0 atom stereocenters. The minimum Gasteiger partial charge on any atom is -0.486 e. The van der Waals surface area contributed by atoms with Crippen LogP contribution >= 0.6 is 0 Å². The number of urea groups is 1. The van der Waals surface area contributed by atoms with Gasteiger partial charge in [0.2, 0.25) is 5.91 Å². The molecule has 3 amide bonds. The normalized spacial score (nSPS) is 16.4. The van der Waals surface area contributed by atoms with E-state index in [9.17, 15) is 9.59 Å². The highest BCUT2D eigenvalue weighted by atomic mass is 16.6. The molecule has 1 N–H and O–H groups in total. The van der Waals surface area contributed by atoms with Gasteiger partial charge in [-0.1, -0.05) is 6.08 Å². The van der Waals surface area contributed by atoms with Gasteiger partial charge in [-0.2, -0.15) is 0 Å². The second-order valence-electron chi connectivity index (χ2n) is 5.28. The molecule has 1 aromatic carbocycles. The maximum atomic E-state index is 12.5. The van der Waals surface area contributed by atoms with Crippen molar-refractivity contribution in [3.05, 3.63) is 30.9 Å². The Bertz CT molecular complexity index is 632. The lowest BCUT2D eigenvalue weighted by molar-refractivity contribution is -0.121. The summed E-state index contributed by atoms with van der Waals surface area (Å²) < 4.78 is 11.0. The van der Waals surface area contributed by atoms with Crippen LogP contribution in [0.25, 0.3) is 0 Å². The number of benzene rings is 1. The lowest BCUT2D eigenvalue weighted by Gasteiger charge is -2.22. The van der Waals surface area contributed by atoms with Crippen molar-refractivity contribution in [3.8, 4) is 11.5 Å². The Morgan fingerprint density at radius 2 is 2.04 bits per heavy atom. The number of anilines is 1. The van der Waals surface area contributed by atoms with Crippen molar-refractivity contribution >= 4 is 17.6 Å². The van der Waals surface area contributed by atoms with E-state index in [0.717, 1.165) is 5.69 Å². The molecule has 1 fully saturated rings. The molecule has 0 unspecified atom stereocenters. The van der Waals surface area contributed by atoms with E-state index in [1.807, 2.05) is 6.07 Å². The van der Waals surface area contributed by atoms with Crippen LogP contribution in [0.15, 0.2) is 30.9 Å². The number of hydrogen-bond donors (Lipinski definition) is 1. The van der Waals surface area contributed by atoms with E-state index in [1.54, 1.807) is 23.1 Å². The molecule has 7 heteroatoms. The maximum absolute atomic E-state index is 12.5. The summed E-state index contributed by atoms with van der Waals surface area (Å²) in [5.41, 5.74) is 0.744. The van der Waals surface area contributed by atoms with Crippen molar-refractivity contribution in [1.29, 1.82) is 0 Å². The molecule has 0 aromatic heterocycles. The van der Waals surface area contributed by atoms with Crippen molar-refractivity contribution in [2.45, 2.75) is 0 Å². The van der Waals surface area contributed by atoms with Crippen LogP contribution in [0, 0.1) is 0 Å². The molecule has 23 heavy (non-hydrogen) atoms. The van der Waals surface area contributed by atoms with E-state index >= 15 is 0 Å². The minimum absolute atomic E-state index is 0.0493. The number of carbonyl (C=O) groups excluding carboxylic acids is 2. The third kappa shape index (κ3) is 3.23. The Balaban J connectivity index is 1.67. The van der Waals surface area contributed by atoms with Gasteiger partial charge in [-0.3, -0.25) is 9.69 Å². The molecule has 1 saturated heterocycles. The summed E-state index contributed by atoms with van der Waals surface area (Å²) >= 11 is 0. The largest absolute Gasteiger partial charge is 0.486 e. The van der Waals surface area contributed by atoms with Crippen LogP contribution in [0.1, 0.15) is 0 Å². The van der Waals surface area contributed by atoms with Gasteiger partial charge in [0.25, 0.3) is 0 Å². The molecule has 2 heterocycles. The fourth-order valence-corrected chi connectivity index (χ4v) is 2.58. The van der Waals surface area contributed by atoms with Crippen molar-refractivity contribution < 1.29 is 19.1 Å². The number of ether oxygens (including phenoxy) is 2. The lowest BCUT2D eigenvalue weighted by atomic mass is 10.2. The second kappa shape index (κ2) is 6.60. The zero-order valence-electron chi connectivity index (χ0n) is 12.8. The quantitative estimate of drug-likeness (QED) is 0.823. The van der Waals surface area contributed by atoms with Crippen LogP contribution in [0.4, 0.5) is 10.5 Å². The van der Waals surface area contributed by atoms with Crippen LogP contribution in [-0.4, -0.2) is 56.2 Å². The number of fused-ring (bicyclic) bond motifs is 1. The minimum atomic E-state index is -0.192. The second-order valence-corrected chi connectivity index (χ2v) is 5.28. The van der Waals surface area contributed by atoms with Gasteiger partial charge in [-0.25, -0.2) is 4.79 Å². The first-order chi connectivity index (χ1) is 11.2. The molecule has 0 spiro atoms. The fraction of sp³-hybridized carbons (Fsp3) is 0.375. The van der Waals surface area contributed by atoms with Gasteiger partial charge in [0, 0.05) is 31.4 Å². The fourth-order valence-electron chi connectivity index (χ4n) is 2.58. The molecule has 0 bridgehead atoms. The van der Waals surface area contributed by atoms with Gasteiger partial charge in [0.1, 0.15) is 19.8 Å². The highest BCUT2D eigenvalue weighted by molar-refractivity contribution is 5.96. The number of rotatable bonds is 5. The molecular formula is C16H19N3O4. The Morgan fingerprint density at radius 3 is 2.83 bits per heavy atom. The highest BCUT2D eigenvalue weighted by Gasteiger charge is 2.31. The molecule has 0 saturated carbocycles. The summed E-state index contributed by atoms with van der Waals surface area (Å²) in [4.78, 5) is 27.4. The molecule has 3 rings (SSSR count). The number of nitrogens with one attached hydrogen (secondary N) is 1. The van der Waals surface area contributed by atoms with E-state index in [0.29, 0.717) is 44.3 Å². The summed E-state index contributed by atoms with van der Waals surface area (Å²) in [6.45, 7) is 6.06. The summed E-state index contributed by atoms with van der Waals surface area (Å²) in [7, 11) is 0. The zero-order chi connectivity index (χ0) is 16.2. The third-order valence-corrected chi connectivity index (χ3v) is 3.71. The first-order valence-corrected chi connectivity index (χ1v) is 7.52. The monoisotopic (exact) mass is 317 g/mol. The predicted molar refractivity (Wildman–Crippen MR) is 85.0 cm³/mol. The van der Waals surface area contributed by atoms with Gasteiger partial charge >= 0.3 is 6.03 Å². The van der Waals surface area contributed by atoms with E-state index in [-0.39, 0.29) is 18.5 Å². The predicted octanol–water partition coefficient (Wildman–Crippen LogP) is 1.00. The molecule has 2 aliphatic rings. The average molecular weight is 317 g/mol. The van der Waals surface area contributed by atoms with Crippen molar-refractivity contribution in [2.24, 2.45) is 0 Å². The molecular weight excluding hydrogens is 298 g/mol. The van der Waals surface area contributed by atoms with Crippen LogP contribution in [-0.2, 0) is 4.79 Å². The van der Waals surface area contributed by atoms with Crippen LogP contribution in [0.5, 0.6) is 11.5 Å². The number of carbonyl (C=O) groups is 2. The SMILES string of the molecule is C=CCNC(=O)CN1CCN(c2ccc3c(c2)OCCO3)C1=O. The van der Waals surface area contributed by atoms with Gasteiger partial charge in [0.05, 0.1) is 0 Å². The Hall–Kier alpha value is -2.70. The topological polar surface area (TPSA) is 71.1 Å². The summed E-state index contributed by atoms with van der Waals surface area (Å²) in [5.74, 6) is 1.14. The molecule has 0 aliphatic carbocycles. The zero-order valence-corrected chi connectivity index (χ0v) is 12.8. The summed E-state index contributed by atoms with van der Waals surface area (Å²) in [6.07, 6.45) is 1.60. The van der Waals surface area contributed by atoms with Crippen molar-refractivity contribution in [1.82, 2.24) is 10.2 Å². The van der Waals surface area contributed by atoms with Gasteiger partial charge in [-0.15, -0.1) is 6.58 Å². The molecule has 0 radical (unpaired) electrons. The first-order valence-electron chi connectivity index (χ1n) is 7.52. The molecule has 1 aromatic rings.